The first-order valence-electron chi connectivity index (χ1n) is 7.53. The number of aryl methyl sites for hydroxylation is 1. The van der Waals surface area contributed by atoms with Gasteiger partial charge in [0.1, 0.15) is 0 Å². The number of rotatable bonds is 2. The van der Waals surface area contributed by atoms with Crippen molar-refractivity contribution in [2.24, 2.45) is 5.41 Å². The molecular weight excluding hydrogens is 264 g/mol. The van der Waals surface area contributed by atoms with E-state index in [1.54, 1.807) is 4.90 Å². The van der Waals surface area contributed by atoms with Crippen molar-refractivity contribution >= 4 is 6.03 Å². The quantitative estimate of drug-likeness (QED) is 0.880. The van der Waals surface area contributed by atoms with Crippen molar-refractivity contribution < 1.29 is 9.90 Å². The average Bonchev–Trinajstić information content (AvgIpc) is 2.40. The molecule has 0 radical (unpaired) electrons. The van der Waals surface area contributed by atoms with Crippen LogP contribution in [0.2, 0.25) is 0 Å². The van der Waals surface area contributed by atoms with Crippen LogP contribution in [0.4, 0.5) is 4.79 Å². The maximum Gasteiger partial charge on any atom is 0.317 e. The van der Waals surface area contributed by atoms with E-state index in [-0.39, 0.29) is 11.4 Å². The maximum absolute atomic E-state index is 12.3. The van der Waals surface area contributed by atoms with Crippen molar-refractivity contribution in [3.63, 3.8) is 0 Å². The molecule has 4 nitrogen and oxygen atoms in total. The number of amides is 2. The Labute approximate surface area is 127 Å². The van der Waals surface area contributed by atoms with Crippen LogP contribution in [0.25, 0.3) is 0 Å². The van der Waals surface area contributed by atoms with Crippen LogP contribution in [0.5, 0.6) is 0 Å². The third kappa shape index (κ3) is 3.38. The Morgan fingerprint density at radius 2 is 2.00 bits per heavy atom. The summed E-state index contributed by atoms with van der Waals surface area (Å²) in [4.78, 5) is 14.1. The van der Waals surface area contributed by atoms with Crippen LogP contribution >= 0.6 is 0 Å². The molecule has 2 amide bonds. The highest BCUT2D eigenvalue weighted by atomic mass is 16.3. The lowest BCUT2D eigenvalue weighted by molar-refractivity contribution is -0.0954. The van der Waals surface area contributed by atoms with Gasteiger partial charge in [-0.05, 0) is 31.4 Å². The van der Waals surface area contributed by atoms with E-state index in [2.05, 4.69) is 5.32 Å². The standard InChI is InChI=1S/C17H26N2O2/c1-13-7-5-6-8-14(13)11-18-15(20)19-10-9-17(4,21)16(2,3)12-19/h5-8,21H,9-12H2,1-4H3,(H,18,20)/t17-/m1/s1. The largest absolute Gasteiger partial charge is 0.389 e. The molecule has 0 bridgehead atoms. The Morgan fingerprint density at radius 3 is 2.62 bits per heavy atom. The number of piperidine rings is 1. The molecule has 1 aliphatic heterocycles. The Bertz CT molecular complexity index is 523. The normalized spacial score (nSPS) is 24.7. The smallest absolute Gasteiger partial charge is 0.317 e. The van der Waals surface area contributed by atoms with E-state index < -0.39 is 5.60 Å². The summed E-state index contributed by atoms with van der Waals surface area (Å²) < 4.78 is 0. The summed E-state index contributed by atoms with van der Waals surface area (Å²) >= 11 is 0. The Balaban J connectivity index is 1.95. The lowest BCUT2D eigenvalue weighted by Crippen LogP contribution is -2.58. The molecule has 0 aromatic heterocycles. The fourth-order valence-corrected chi connectivity index (χ4v) is 2.68. The third-order valence-electron chi connectivity index (χ3n) is 4.89. The number of urea groups is 1. The molecule has 0 saturated carbocycles. The molecule has 116 valence electrons. The van der Waals surface area contributed by atoms with E-state index in [0.717, 1.165) is 5.56 Å². The Kier molecular flexibility index (Phi) is 4.28. The number of aliphatic hydroxyl groups is 1. The molecule has 1 saturated heterocycles. The summed E-state index contributed by atoms with van der Waals surface area (Å²) in [7, 11) is 0. The van der Waals surface area contributed by atoms with Crippen molar-refractivity contribution in [2.45, 2.75) is 46.3 Å². The lowest BCUT2D eigenvalue weighted by Gasteiger charge is -2.48. The number of nitrogens with one attached hydrogen (secondary N) is 1. The molecule has 4 heteroatoms. The predicted molar refractivity (Wildman–Crippen MR) is 84.0 cm³/mol. The summed E-state index contributed by atoms with van der Waals surface area (Å²) in [6.07, 6.45) is 0.609. The van der Waals surface area contributed by atoms with Crippen molar-refractivity contribution in [2.75, 3.05) is 13.1 Å². The van der Waals surface area contributed by atoms with Crippen molar-refractivity contribution in [3.05, 3.63) is 35.4 Å². The minimum atomic E-state index is -0.722. The molecule has 2 N–H and O–H groups in total. The zero-order chi connectivity index (χ0) is 15.7. The minimum Gasteiger partial charge on any atom is -0.389 e. The number of hydrogen-bond acceptors (Lipinski definition) is 2. The van der Waals surface area contributed by atoms with E-state index in [0.29, 0.717) is 26.1 Å². The Hall–Kier alpha value is -1.55. The molecule has 1 aromatic rings. The third-order valence-corrected chi connectivity index (χ3v) is 4.89. The maximum atomic E-state index is 12.3. The molecule has 0 aliphatic carbocycles. The molecule has 1 aliphatic rings. The summed E-state index contributed by atoms with van der Waals surface area (Å²) in [6, 6.07) is 8.00. The molecule has 1 aromatic carbocycles. The van der Waals surface area contributed by atoms with Gasteiger partial charge < -0.3 is 15.3 Å². The van der Waals surface area contributed by atoms with Crippen LogP contribution in [-0.2, 0) is 6.54 Å². The van der Waals surface area contributed by atoms with Crippen LogP contribution < -0.4 is 5.32 Å². The second-order valence-electron chi connectivity index (χ2n) is 6.91. The highest BCUT2D eigenvalue weighted by molar-refractivity contribution is 5.74. The molecule has 0 spiro atoms. The molecule has 2 rings (SSSR count). The molecule has 1 atom stereocenters. The van der Waals surface area contributed by atoms with Gasteiger partial charge in [0.15, 0.2) is 0 Å². The highest BCUT2D eigenvalue weighted by Crippen LogP contribution is 2.38. The summed E-state index contributed by atoms with van der Waals surface area (Å²) in [5.41, 5.74) is 1.29. The van der Waals surface area contributed by atoms with Gasteiger partial charge in [-0.2, -0.15) is 0 Å². The Morgan fingerprint density at radius 1 is 1.33 bits per heavy atom. The zero-order valence-electron chi connectivity index (χ0n) is 13.4. The predicted octanol–water partition coefficient (Wildman–Crippen LogP) is 2.69. The van der Waals surface area contributed by atoms with Gasteiger partial charge in [0.25, 0.3) is 0 Å². The zero-order valence-corrected chi connectivity index (χ0v) is 13.4. The van der Waals surface area contributed by atoms with Crippen molar-refractivity contribution in [3.8, 4) is 0 Å². The first kappa shape index (κ1) is 15.8. The SMILES string of the molecule is Cc1ccccc1CNC(=O)N1CC[C@@](C)(O)C(C)(C)C1. The van der Waals surface area contributed by atoms with Gasteiger partial charge in [0.05, 0.1) is 5.60 Å². The molecule has 0 unspecified atom stereocenters. The topological polar surface area (TPSA) is 52.6 Å². The number of likely N-dealkylation sites (tertiary alicyclic amines) is 1. The number of hydrogen-bond donors (Lipinski definition) is 2. The summed E-state index contributed by atoms with van der Waals surface area (Å²) in [6.45, 7) is 9.62. The second-order valence-corrected chi connectivity index (χ2v) is 6.91. The van der Waals surface area contributed by atoms with Crippen LogP contribution in [-0.4, -0.2) is 34.7 Å². The molecule has 1 fully saturated rings. The van der Waals surface area contributed by atoms with E-state index in [1.807, 2.05) is 52.0 Å². The van der Waals surface area contributed by atoms with E-state index in [1.165, 1.54) is 5.56 Å². The van der Waals surface area contributed by atoms with Gasteiger partial charge in [0, 0.05) is 25.0 Å². The number of benzene rings is 1. The van der Waals surface area contributed by atoms with Crippen LogP contribution in [0.3, 0.4) is 0 Å². The first-order valence-corrected chi connectivity index (χ1v) is 7.53. The van der Waals surface area contributed by atoms with E-state index in [9.17, 15) is 9.90 Å². The summed E-state index contributed by atoms with van der Waals surface area (Å²) in [5, 5.41) is 13.4. The van der Waals surface area contributed by atoms with Gasteiger partial charge in [0.2, 0.25) is 0 Å². The fraction of sp³-hybridized carbons (Fsp3) is 0.588. The average molecular weight is 290 g/mol. The van der Waals surface area contributed by atoms with Crippen LogP contribution in [0, 0.1) is 12.3 Å². The molecular formula is C17H26N2O2. The second kappa shape index (κ2) is 5.68. The van der Waals surface area contributed by atoms with Crippen molar-refractivity contribution in [1.29, 1.82) is 0 Å². The van der Waals surface area contributed by atoms with Gasteiger partial charge >= 0.3 is 6.03 Å². The summed E-state index contributed by atoms with van der Waals surface area (Å²) in [5.74, 6) is 0. The lowest BCUT2D eigenvalue weighted by atomic mass is 9.71. The van der Waals surface area contributed by atoms with Gasteiger partial charge in [-0.3, -0.25) is 0 Å². The van der Waals surface area contributed by atoms with Crippen LogP contribution in [0.15, 0.2) is 24.3 Å². The van der Waals surface area contributed by atoms with Crippen molar-refractivity contribution in [1.82, 2.24) is 10.2 Å². The molecule has 21 heavy (non-hydrogen) atoms. The van der Waals surface area contributed by atoms with E-state index in [4.69, 9.17) is 0 Å². The minimum absolute atomic E-state index is 0.0539. The fourth-order valence-electron chi connectivity index (χ4n) is 2.68. The van der Waals surface area contributed by atoms with Gasteiger partial charge in [-0.1, -0.05) is 38.1 Å². The monoisotopic (exact) mass is 290 g/mol. The highest BCUT2D eigenvalue weighted by Gasteiger charge is 2.45. The molecule has 1 heterocycles. The van der Waals surface area contributed by atoms with Crippen LogP contribution in [0.1, 0.15) is 38.3 Å². The number of carbonyl (C=O) groups excluding carboxylic acids is 1. The first-order chi connectivity index (χ1) is 9.73. The van der Waals surface area contributed by atoms with Gasteiger partial charge in [-0.15, -0.1) is 0 Å². The number of nitrogens with zero attached hydrogens (tertiary/aromatic N) is 1. The number of carbonyl (C=O) groups is 1. The van der Waals surface area contributed by atoms with Gasteiger partial charge in [-0.25, -0.2) is 4.79 Å². The van der Waals surface area contributed by atoms with E-state index >= 15 is 0 Å².